The summed E-state index contributed by atoms with van der Waals surface area (Å²) < 4.78 is 9.95. The SMILES string of the molecule is CO[C@@H]1OC(CO)[C@@H](C)C(O)C1[N+](=O)[O-]. The van der Waals surface area contributed by atoms with E-state index in [-0.39, 0.29) is 6.61 Å². The first-order valence-electron chi connectivity index (χ1n) is 4.63. The number of hydrogen-bond donors (Lipinski definition) is 2. The van der Waals surface area contributed by atoms with Crippen molar-refractivity contribution < 1.29 is 24.6 Å². The van der Waals surface area contributed by atoms with Crippen LogP contribution in [0.4, 0.5) is 0 Å². The molecule has 1 rings (SSSR count). The third-order valence-electron chi connectivity index (χ3n) is 2.72. The Labute approximate surface area is 86.8 Å². The Balaban J connectivity index is 2.84. The molecule has 1 fully saturated rings. The van der Waals surface area contributed by atoms with E-state index < -0.39 is 35.4 Å². The molecule has 0 aromatic heterocycles. The van der Waals surface area contributed by atoms with Gasteiger partial charge in [-0.25, -0.2) is 0 Å². The van der Waals surface area contributed by atoms with Crippen molar-refractivity contribution in [3.8, 4) is 0 Å². The van der Waals surface area contributed by atoms with Crippen LogP contribution in [-0.2, 0) is 9.47 Å². The minimum absolute atomic E-state index is 0.303. The molecule has 1 aliphatic rings. The molecule has 7 heteroatoms. The van der Waals surface area contributed by atoms with Crippen LogP contribution in [0.5, 0.6) is 0 Å². The number of methoxy groups -OCH3 is 1. The summed E-state index contributed by atoms with van der Waals surface area (Å²) in [5, 5.41) is 29.4. The number of nitro groups is 1. The van der Waals surface area contributed by atoms with Gasteiger partial charge < -0.3 is 19.7 Å². The number of aliphatic hydroxyl groups excluding tert-OH is 2. The van der Waals surface area contributed by atoms with Crippen molar-refractivity contribution >= 4 is 0 Å². The molecule has 1 saturated heterocycles. The molecule has 5 atom stereocenters. The summed E-state index contributed by atoms with van der Waals surface area (Å²) in [6.07, 6.45) is -2.94. The van der Waals surface area contributed by atoms with Crippen LogP contribution in [-0.4, -0.2) is 53.4 Å². The fourth-order valence-electron chi connectivity index (χ4n) is 1.70. The molecule has 88 valence electrons. The zero-order valence-corrected chi connectivity index (χ0v) is 8.57. The molecule has 15 heavy (non-hydrogen) atoms. The Morgan fingerprint density at radius 2 is 2.20 bits per heavy atom. The van der Waals surface area contributed by atoms with Crippen LogP contribution in [0.25, 0.3) is 0 Å². The van der Waals surface area contributed by atoms with E-state index in [0.29, 0.717) is 0 Å². The van der Waals surface area contributed by atoms with Crippen molar-refractivity contribution in [3.63, 3.8) is 0 Å². The Bertz CT molecular complexity index is 233. The van der Waals surface area contributed by atoms with Crippen LogP contribution < -0.4 is 0 Å². The number of hydrogen-bond acceptors (Lipinski definition) is 6. The molecular weight excluding hydrogens is 206 g/mol. The molecule has 0 aromatic carbocycles. The van der Waals surface area contributed by atoms with Crippen LogP contribution in [0, 0.1) is 16.0 Å². The van der Waals surface area contributed by atoms with Gasteiger partial charge in [0.05, 0.1) is 12.7 Å². The van der Waals surface area contributed by atoms with Gasteiger partial charge >= 0.3 is 0 Å². The summed E-state index contributed by atoms with van der Waals surface area (Å²) in [7, 11) is 1.26. The lowest BCUT2D eigenvalue weighted by molar-refractivity contribution is -0.572. The molecule has 1 heterocycles. The Kier molecular flexibility index (Phi) is 3.97. The van der Waals surface area contributed by atoms with Crippen molar-refractivity contribution in [2.45, 2.75) is 31.5 Å². The Morgan fingerprint density at radius 1 is 1.60 bits per heavy atom. The molecule has 0 saturated carbocycles. The van der Waals surface area contributed by atoms with E-state index in [2.05, 4.69) is 0 Å². The predicted octanol–water partition coefficient (Wildman–Crippen LogP) is -1.01. The second-order valence-electron chi connectivity index (χ2n) is 3.59. The molecule has 1 aliphatic heterocycles. The molecule has 0 aromatic rings. The van der Waals surface area contributed by atoms with E-state index in [4.69, 9.17) is 14.6 Å². The van der Waals surface area contributed by atoms with Gasteiger partial charge in [0.1, 0.15) is 6.10 Å². The number of ether oxygens (including phenoxy) is 2. The molecule has 7 nitrogen and oxygen atoms in total. The quantitative estimate of drug-likeness (QED) is 0.467. The summed E-state index contributed by atoms with van der Waals surface area (Å²) in [5.41, 5.74) is 0. The first-order valence-corrected chi connectivity index (χ1v) is 4.63. The number of rotatable bonds is 3. The average molecular weight is 221 g/mol. The summed E-state index contributed by atoms with van der Waals surface area (Å²) in [4.78, 5) is 10.1. The van der Waals surface area contributed by atoms with Gasteiger partial charge in [-0.15, -0.1) is 0 Å². The van der Waals surface area contributed by atoms with Gasteiger partial charge in [-0.3, -0.25) is 10.1 Å². The molecule has 0 aliphatic carbocycles. The van der Waals surface area contributed by atoms with Crippen molar-refractivity contribution in [2.24, 2.45) is 5.92 Å². The van der Waals surface area contributed by atoms with Gasteiger partial charge in [0, 0.05) is 18.0 Å². The summed E-state index contributed by atoms with van der Waals surface area (Å²) >= 11 is 0. The van der Waals surface area contributed by atoms with Gasteiger partial charge in [-0.2, -0.15) is 0 Å². The average Bonchev–Trinajstić information content (AvgIpc) is 2.20. The molecular formula is C8H15NO6. The summed E-state index contributed by atoms with van der Waals surface area (Å²) in [5.74, 6) is -0.503. The van der Waals surface area contributed by atoms with Gasteiger partial charge in [0.2, 0.25) is 6.29 Å². The maximum absolute atomic E-state index is 10.7. The highest BCUT2D eigenvalue weighted by Crippen LogP contribution is 2.27. The van der Waals surface area contributed by atoms with Crippen LogP contribution >= 0.6 is 0 Å². The van der Waals surface area contributed by atoms with E-state index in [0.717, 1.165) is 0 Å². The van der Waals surface area contributed by atoms with Crippen LogP contribution in [0.3, 0.4) is 0 Å². The minimum Gasteiger partial charge on any atom is -0.394 e. The lowest BCUT2D eigenvalue weighted by atomic mass is 9.90. The largest absolute Gasteiger partial charge is 0.394 e. The molecule has 0 radical (unpaired) electrons. The van der Waals surface area contributed by atoms with E-state index >= 15 is 0 Å². The topological polar surface area (TPSA) is 102 Å². The third kappa shape index (κ3) is 2.25. The first-order chi connectivity index (χ1) is 7.02. The van der Waals surface area contributed by atoms with Gasteiger partial charge in [-0.1, -0.05) is 6.92 Å². The zero-order chi connectivity index (χ0) is 11.6. The van der Waals surface area contributed by atoms with E-state index in [1.165, 1.54) is 7.11 Å². The third-order valence-corrected chi connectivity index (χ3v) is 2.72. The highest BCUT2D eigenvalue weighted by Gasteiger charge is 2.50. The van der Waals surface area contributed by atoms with Crippen molar-refractivity contribution in [1.29, 1.82) is 0 Å². The van der Waals surface area contributed by atoms with E-state index in [1.54, 1.807) is 6.92 Å². The fraction of sp³-hybridized carbons (Fsp3) is 1.00. The Hall–Kier alpha value is -0.760. The second kappa shape index (κ2) is 4.84. The maximum atomic E-state index is 10.7. The highest BCUT2D eigenvalue weighted by atomic mass is 16.7. The monoisotopic (exact) mass is 221 g/mol. The first kappa shape index (κ1) is 12.3. The second-order valence-corrected chi connectivity index (χ2v) is 3.59. The number of nitrogens with zero attached hydrogens (tertiary/aromatic N) is 1. The molecule has 2 N–H and O–H groups in total. The molecule has 3 unspecified atom stereocenters. The standard InChI is InChI=1S/C8H15NO6/c1-4-5(3-10)15-8(14-2)6(7(4)11)9(12)13/h4-8,10-11H,3H2,1-2H3/t4-,5?,6?,7?,8-/m1/s1. The summed E-state index contributed by atoms with van der Waals surface area (Å²) in [6, 6.07) is -1.31. The van der Waals surface area contributed by atoms with Crippen molar-refractivity contribution in [2.75, 3.05) is 13.7 Å². The Morgan fingerprint density at radius 3 is 2.60 bits per heavy atom. The maximum Gasteiger partial charge on any atom is 0.288 e. The van der Waals surface area contributed by atoms with Crippen LogP contribution in [0.1, 0.15) is 6.92 Å². The lowest BCUT2D eigenvalue weighted by Crippen LogP contribution is -2.58. The van der Waals surface area contributed by atoms with Crippen molar-refractivity contribution in [3.05, 3.63) is 10.1 Å². The van der Waals surface area contributed by atoms with E-state index in [1.807, 2.05) is 0 Å². The van der Waals surface area contributed by atoms with E-state index in [9.17, 15) is 15.2 Å². The molecule has 0 bridgehead atoms. The molecule has 0 spiro atoms. The predicted molar refractivity (Wildman–Crippen MR) is 48.7 cm³/mol. The minimum atomic E-state index is -1.31. The van der Waals surface area contributed by atoms with Crippen LogP contribution in [0.2, 0.25) is 0 Å². The zero-order valence-electron chi connectivity index (χ0n) is 8.57. The number of aliphatic hydroxyl groups is 2. The van der Waals surface area contributed by atoms with Gasteiger partial charge in [-0.05, 0) is 0 Å². The van der Waals surface area contributed by atoms with Crippen LogP contribution in [0.15, 0.2) is 0 Å². The van der Waals surface area contributed by atoms with Crippen molar-refractivity contribution in [1.82, 2.24) is 0 Å². The van der Waals surface area contributed by atoms with Gasteiger partial charge in [0.15, 0.2) is 0 Å². The normalized spacial score (nSPS) is 41.5. The van der Waals surface area contributed by atoms with Gasteiger partial charge in [0.25, 0.3) is 6.04 Å². The lowest BCUT2D eigenvalue weighted by Gasteiger charge is -2.37. The fourth-order valence-corrected chi connectivity index (χ4v) is 1.70. The smallest absolute Gasteiger partial charge is 0.288 e. The highest BCUT2D eigenvalue weighted by molar-refractivity contribution is 4.86. The molecule has 0 amide bonds. The summed E-state index contributed by atoms with van der Waals surface area (Å²) in [6.45, 7) is 1.29.